The summed E-state index contributed by atoms with van der Waals surface area (Å²) in [5.41, 5.74) is 2.47. The van der Waals surface area contributed by atoms with Gasteiger partial charge in [0, 0.05) is 23.7 Å². The van der Waals surface area contributed by atoms with E-state index in [0.29, 0.717) is 0 Å². The van der Waals surface area contributed by atoms with Crippen LogP contribution in [0.3, 0.4) is 0 Å². The zero-order chi connectivity index (χ0) is 15.5. The van der Waals surface area contributed by atoms with Gasteiger partial charge in [-0.15, -0.1) is 11.3 Å². The topological polar surface area (TPSA) is 32.6 Å². The summed E-state index contributed by atoms with van der Waals surface area (Å²) in [6.07, 6.45) is 7.59. The highest BCUT2D eigenvalue weighted by atomic mass is 32.1. The molecule has 3 rings (SSSR count). The standard InChI is InChI=1S/C17H28N4S/c1-13-7-4-5-9-20(13)10-6-8-18-11-16-15(3)19-17-21(16)12-14(2)22-17/h12-13,18H,4-11H2,1-3H3/t13-/m1/s1. The highest BCUT2D eigenvalue weighted by Gasteiger charge is 2.17. The number of nitrogens with one attached hydrogen (secondary N) is 1. The second-order valence-corrected chi connectivity index (χ2v) is 7.76. The van der Waals surface area contributed by atoms with Gasteiger partial charge >= 0.3 is 0 Å². The molecule has 0 unspecified atom stereocenters. The Balaban J connectivity index is 1.45. The molecule has 0 saturated carbocycles. The number of thiazole rings is 1. The largest absolute Gasteiger partial charge is 0.311 e. The molecule has 1 aliphatic heterocycles. The zero-order valence-electron chi connectivity index (χ0n) is 14.1. The van der Waals surface area contributed by atoms with Crippen molar-refractivity contribution in [2.45, 2.75) is 59.0 Å². The van der Waals surface area contributed by atoms with E-state index in [4.69, 9.17) is 0 Å². The summed E-state index contributed by atoms with van der Waals surface area (Å²) in [4.78, 5) is 9.74. The molecule has 1 atom stereocenters. The molecule has 1 saturated heterocycles. The Bertz CT molecular complexity index is 615. The molecule has 1 aliphatic rings. The third kappa shape index (κ3) is 3.53. The normalized spacial score (nSPS) is 20.0. The Morgan fingerprint density at radius 2 is 2.23 bits per heavy atom. The molecule has 0 spiro atoms. The fourth-order valence-electron chi connectivity index (χ4n) is 3.43. The summed E-state index contributed by atoms with van der Waals surface area (Å²) in [6.45, 7) is 11.1. The van der Waals surface area contributed by atoms with Crippen molar-refractivity contribution < 1.29 is 0 Å². The summed E-state index contributed by atoms with van der Waals surface area (Å²) >= 11 is 1.77. The molecule has 4 nitrogen and oxygen atoms in total. The van der Waals surface area contributed by atoms with Crippen molar-refractivity contribution in [2.24, 2.45) is 0 Å². The molecule has 0 radical (unpaired) electrons. The maximum absolute atomic E-state index is 4.65. The van der Waals surface area contributed by atoms with Gasteiger partial charge in [-0.1, -0.05) is 6.42 Å². The van der Waals surface area contributed by atoms with Crippen molar-refractivity contribution in [1.29, 1.82) is 0 Å². The lowest BCUT2D eigenvalue weighted by atomic mass is 10.0. The SMILES string of the molecule is Cc1cn2c(CNCCCN3CCCC[C@H]3C)c(C)nc2s1. The number of imidazole rings is 1. The fraction of sp³-hybridized carbons (Fsp3) is 0.706. The minimum absolute atomic E-state index is 0.777. The lowest BCUT2D eigenvalue weighted by Crippen LogP contribution is -2.38. The lowest BCUT2D eigenvalue weighted by Gasteiger charge is -2.33. The summed E-state index contributed by atoms with van der Waals surface area (Å²) in [7, 11) is 0. The van der Waals surface area contributed by atoms with Crippen LogP contribution in [-0.2, 0) is 6.54 Å². The van der Waals surface area contributed by atoms with Gasteiger partial charge in [-0.2, -0.15) is 0 Å². The second-order valence-electron chi connectivity index (χ2n) is 6.55. The molecule has 0 amide bonds. The van der Waals surface area contributed by atoms with E-state index in [-0.39, 0.29) is 0 Å². The van der Waals surface area contributed by atoms with Crippen molar-refractivity contribution in [3.05, 3.63) is 22.5 Å². The Kier molecular flexibility index (Phi) is 5.16. The van der Waals surface area contributed by atoms with Crippen LogP contribution in [0.1, 0.15) is 48.9 Å². The van der Waals surface area contributed by atoms with E-state index in [0.717, 1.165) is 29.8 Å². The molecule has 2 aromatic rings. The first-order valence-corrected chi connectivity index (χ1v) is 9.35. The van der Waals surface area contributed by atoms with Crippen LogP contribution < -0.4 is 5.32 Å². The minimum atomic E-state index is 0.777. The van der Waals surface area contributed by atoms with Crippen LogP contribution in [-0.4, -0.2) is 40.0 Å². The van der Waals surface area contributed by atoms with Crippen LogP contribution in [0.5, 0.6) is 0 Å². The molecule has 22 heavy (non-hydrogen) atoms. The molecule has 1 N–H and O–H groups in total. The maximum atomic E-state index is 4.65. The van der Waals surface area contributed by atoms with Gasteiger partial charge in [-0.05, 0) is 59.7 Å². The van der Waals surface area contributed by atoms with Gasteiger partial charge in [0.05, 0.1) is 11.4 Å². The first-order chi connectivity index (χ1) is 10.6. The van der Waals surface area contributed by atoms with Gasteiger partial charge in [0.2, 0.25) is 0 Å². The van der Waals surface area contributed by atoms with E-state index in [2.05, 4.69) is 46.6 Å². The Morgan fingerprint density at radius 1 is 1.36 bits per heavy atom. The van der Waals surface area contributed by atoms with E-state index in [9.17, 15) is 0 Å². The van der Waals surface area contributed by atoms with Crippen molar-refractivity contribution in [3.8, 4) is 0 Å². The van der Waals surface area contributed by atoms with Crippen LogP contribution in [0, 0.1) is 13.8 Å². The predicted molar refractivity (Wildman–Crippen MR) is 93.8 cm³/mol. The van der Waals surface area contributed by atoms with Gasteiger partial charge < -0.3 is 10.2 Å². The van der Waals surface area contributed by atoms with Crippen LogP contribution in [0.4, 0.5) is 0 Å². The first kappa shape index (κ1) is 16.0. The third-order valence-electron chi connectivity index (χ3n) is 4.77. The van der Waals surface area contributed by atoms with Gasteiger partial charge in [-0.3, -0.25) is 4.40 Å². The average Bonchev–Trinajstić information content (AvgIpc) is 2.97. The van der Waals surface area contributed by atoms with Crippen LogP contribution in [0.2, 0.25) is 0 Å². The zero-order valence-corrected chi connectivity index (χ0v) is 14.9. The molecule has 2 aromatic heterocycles. The number of hydrogen-bond acceptors (Lipinski definition) is 4. The number of aryl methyl sites for hydroxylation is 2. The van der Waals surface area contributed by atoms with E-state index in [1.54, 1.807) is 11.3 Å². The molecular weight excluding hydrogens is 292 g/mol. The Morgan fingerprint density at radius 3 is 3.05 bits per heavy atom. The first-order valence-electron chi connectivity index (χ1n) is 8.54. The number of nitrogens with zero attached hydrogens (tertiary/aromatic N) is 3. The van der Waals surface area contributed by atoms with Crippen molar-refractivity contribution in [3.63, 3.8) is 0 Å². The van der Waals surface area contributed by atoms with Crippen LogP contribution in [0.25, 0.3) is 4.96 Å². The average molecular weight is 321 g/mol. The highest BCUT2D eigenvalue weighted by Crippen LogP contribution is 2.20. The quantitative estimate of drug-likeness (QED) is 0.828. The summed E-state index contributed by atoms with van der Waals surface area (Å²) < 4.78 is 2.25. The van der Waals surface area contributed by atoms with E-state index in [1.165, 1.54) is 49.3 Å². The summed E-state index contributed by atoms with van der Waals surface area (Å²) in [5, 5.41) is 3.60. The van der Waals surface area contributed by atoms with Crippen molar-refractivity contribution in [2.75, 3.05) is 19.6 Å². The van der Waals surface area contributed by atoms with Gasteiger partial charge in [0.1, 0.15) is 0 Å². The monoisotopic (exact) mass is 320 g/mol. The second kappa shape index (κ2) is 7.11. The van der Waals surface area contributed by atoms with Gasteiger partial charge in [-0.25, -0.2) is 4.98 Å². The van der Waals surface area contributed by atoms with E-state index < -0.39 is 0 Å². The number of fused-ring (bicyclic) bond motifs is 1. The number of aromatic nitrogens is 2. The number of likely N-dealkylation sites (tertiary alicyclic amines) is 1. The molecule has 122 valence electrons. The third-order valence-corrected chi connectivity index (χ3v) is 5.67. The lowest BCUT2D eigenvalue weighted by molar-refractivity contribution is 0.159. The van der Waals surface area contributed by atoms with Crippen molar-refractivity contribution in [1.82, 2.24) is 19.6 Å². The Hall–Kier alpha value is -0.910. The minimum Gasteiger partial charge on any atom is -0.311 e. The van der Waals surface area contributed by atoms with E-state index >= 15 is 0 Å². The summed E-state index contributed by atoms with van der Waals surface area (Å²) in [5.74, 6) is 0. The number of rotatable bonds is 6. The van der Waals surface area contributed by atoms with Crippen molar-refractivity contribution >= 4 is 16.3 Å². The summed E-state index contributed by atoms with van der Waals surface area (Å²) in [6, 6.07) is 0.777. The molecule has 3 heterocycles. The smallest absolute Gasteiger partial charge is 0.194 e. The molecular formula is C17H28N4S. The molecule has 0 bridgehead atoms. The van der Waals surface area contributed by atoms with Crippen LogP contribution in [0.15, 0.2) is 6.20 Å². The molecule has 1 fully saturated rings. The molecule has 0 aliphatic carbocycles. The van der Waals surface area contributed by atoms with Crippen LogP contribution >= 0.6 is 11.3 Å². The number of piperidine rings is 1. The van der Waals surface area contributed by atoms with E-state index in [1.807, 2.05) is 0 Å². The predicted octanol–water partition coefficient (Wildman–Crippen LogP) is 3.37. The van der Waals surface area contributed by atoms with Gasteiger partial charge in [0.25, 0.3) is 0 Å². The maximum Gasteiger partial charge on any atom is 0.194 e. The fourth-order valence-corrected chi connectivity index (χ4v) is 4.32. The Labute approximate surface area is 137 Å². The molecule has 5 heteroatoms. The molecule has 0 aromatic carbocycles. The number of hydrogen-bond donors (Lipinski definition) is 1. The highest BCUT2D eigenvalue weighted by molar-refractivity contribution is 7.17. The van der Waals surface area contributed by atoms with Gasteiger partial charge in [0.15, 0.2) is 4.96 Å².